The van der Waals surface area contributed by atoms with Gasteiger partial charge in [0.05, 0.1) is 17.0 Å². The number of rotatable bonds is 5. The van der Waals surface area contributed by atoms with Crippen LogP contribution >= 0.6 is 11.6 Å². The van der Waals surface area contributed by atoms with Crippen LogP contribution in [-0.4, -0.2) is 20.1 Å². The van der Waals surface area contributed by atoms with Gasteiger partial charge in [-0.25, -0.2) is 12.8 Å². The molecular weight excluding hydrogens is 279 g/mol. The van der Waals surface area contributed by atoms with Crippen molar-refractivity contribution >= 4 is 27.3 Å². The number of benzene rings is 1. The topological polar surface area (TPSA) is 70.0 Å². The zero-order chi connectivity index (χ0) is 13.8. The average Bonchev–Trinajstić information content (AvgIpc) is 2.30. The Bertz CT molecular complexity index is 569. The predicted octanol–water partition coefficient (Wildman–Crippen LogP) is 2.31. The summed E-state index contributed by atoms with van der Waals surface area (Å²) in [6.45, 7) is 1.70. The molecule has 1 aromatic carbocycles. The summed E-state index contributed by atoms with van der Waals surface area (Å²) in [6.07, 6.45) is 0. The summed E-state index contributed by atoms with van der Waals surface area (Å²) in [6, 6.07) is 5.01. The zero-order valence-corrected chi connectivity index (χ0v) is 11.2. The van der Waals surface area contributed by atoms with E-state index in [2.05, 4.69) is 4.72 Å². The second kappa shape index (κ2) is 6.03. The molecule has 0 aliphatic rings. The lowest BCUT2D eigenvalue weighted by atomic mass is 10.2. The maximum absolute atomic E-state index is 12.9. The van der Waals surface area contributed by atoms with Crippen LogP contribution in [0.3, 0.4) is 0 Å². The first-order valence-corrected chi connectivity index (χ1v) is 7.32. The SMILES string of the molecule is CC(CCl)CS(=O)(=O)Nc1ccc(F)cc1C#N. The van der Waals surface area contributed by atoms with Crippen molar-refractivity contribution in [2.24, 2.45) is 5.92 Å². The normalized spacial score (nSPS) is 12.8. The lowest BCUT2D eigenvalue weighted by Crippen LogP contribution is -2.22. The minimum Gasteiger partial charge on any atom is -0.282 e. The van der Waals surface area contributed by atoms with Crippen molar-refractivity contribution in [1.29, 1.82) is 5.26 Å². The Labute approximate surface area is 110 Å². The molecule has 0 heterocycles. The fourth-order valence-electron chi connectivity index (χ4n) is 1.33. The second-order valence-electron chi connectivity index (χ2n) is 3.94. The number of nitrogens with one attached hydrogen (secondary N) is 1. The highest BCUT2D eigenvalue weighted by Crippen LogP contribution is 2.18. The van der Waals surface area contributed by atoms with Crippen molar-refractivity contribution in [3.63, 3.8) is 0 Å². The van der Waals surface area contributed by atoms with E-state index in [0.717, 1.165) is 12.1 Å². The molecule has 1 atom stereocenters. The summed E-state index contributed by atoms with van der Waals surface area (Å²) >= 11 is 5.55. The van der Waals surface area contributed by atoms with E-state index in [1.165, 1.54) is 6.07 Å². The quantitative estimate of drug-likeness (QED) is 0.846. The standard InChI is InChI=1S/C11H12ClFN2O2S/c1-8(5-12)7-18(16,17)15-11-3-2-10(13)4-9(11)6-14/h2-4,8,15H,5,7H2,1H3. The van der Waals surface area contributed by atoms with Gasteiger partial charge >= 0.3 is 0 Å². The number of nitriles is 1. The Hall–Kier alpha value is -1.32. The van der Waals surface area contributed by atoms with Gasteiger partial charge in [0.15, 0.2) is 0 Å². The molecule has 4 nitrogen and oxygen atoms in total. The number of halogens is 2. The van der Waals surface area contributed by atoms with Gasteiger partial charge in [-0.3, -0.25) is 4.72 Å². The summed E-state index contributed by atoms with van der Waals surface area (Å²) in [5, 5.41) is 8.80. The van der Waals surface area contributed by atoms with Crippen molar-refractivity contribution in [2.75, 3.05) is 16.4 Å². The van der Waals surface area contributed by atoms with Gasteiger partial charge in [-0.1, -0.05) is 6.92 Å². The maximum Gasteiger partial charge on any atom is 0.233 e. The smallest absolute Gasteiger partial charge is 0.233 e. The molecule has 18 heavy (non-hydrogen) atoms. The van der Waals surface area contributed by atoms with E-state index >= 15 is 0 Å². The summed E-state index contributed by atoms with van der Waals surface area (Å²) < 4.78 is 38.6. The van der Waals surface area contributed by atoms with Crippen LogP contribution < -0.4 is 4.72 Å². The minimum absolute atomic E-state index is 0.0582. The molecule has 1 unspecified atom stereocenters. The Morgan fingerprint density at radius 2 is 2.22 bits per heavy atom. The van der Waals surface area contributed by atoms with E-state index in [4.69, 9.17) is 16.9 Å². The van der Waals surface area contributed by atoms with Crippen LogP contribution in [0.4, 0.5) is 10.1 Å². The number of sulfonamides is 1. The van der Waals surface area contributed by atoms with Crippen LogP contribution in [0.5, 0.6) is 0 Å². The van der Waals surface area contributed by atoms with Crippen molar-refractivity contribution in [1.82, 2.24) is 0 Å². The number of alkyl halides is 1. The molecular formula is C11H12ClFN2O2S. The van der Waals surface area contributed by atoms with Crippen molar-refractivity contribution < 1.29 is 12.8 Å². The molecule has 0 bridgehead atoms. The molecule has 0 saturated heterocycles. The maximum atomic E-state index is 12.9. The molecule has 0 aliphatic heterocycles. The van der Waals surface area contributed by atoms with Crippen LogP contribution in [0, 0.1) is 23.1 Å². The molecule has 0 radical (unpaired) electrons. The first-order chi connectivity index (χ1) is 8.38. The highest BCUT2D eigenvalue weighted by molar-refractivity contribution is 7.92. The molecule has 0 spiro atoms. The molecule has 0 aliphatic carbocycles. The minimum atomic E-state index is -3.60. The van der Waals surface area contributed by atoms with Crippen LogP contribution in [0.2, 0.25) is 0 Å². The van der Waals surface area contributed by atoms with Crippen LogP contribution in [0.1, 0.15) is 12.5 Å². The highest BCUT2D eigenvalue weighted by Gasteiger charge is 2.17. The number of anilines is 1. The molecule has 0 fully saturated rings. The fraction of sp³-hybridized carbons (Fsp3) is 0.364. The van der Waals surface area contributed by atoms with Crippen molar-refractivity contribution in [3.05, 3.63) is 29.6 Å². The largest absolute Gasteiger partial charge is 0.282 e. The molecule has 0 amide bonds. The Balaban J connectivity index is 2.95. The van der Waals surface area contributed by atoms with E-state index in [-0.39, 0.29) is 28.8 Å². The fourth-order valence-corrected chi connectivity index (χ4v) is 3.03. The monoisotopic (exact) mass is 290 g/mol. The van der Waals surface area contributed by atoms with Crippen molar-refractivity contribution in [3.8, 4) is 6.07 Å². The molecule has 7 heteroatoms. The molecule has 1 aromatic rings. The third-order valence-electron chi connectivity index (χ3n) is 2.13. The summed E-state index contributed by atoms with van der Waals surface area (Å²) in [5.74, 6) is -0.743. The lowest BCUT2D eigenvalue weighted by Gasteiger charge is -2.12. The van der Waals surface area contributed by atoms with E-state index in [9.17, 15) is 12.8 Å². The van der Waals surface area contributed by atoms with Crippen LogP contribution in [0.15, 0.2) is 18.2 Å². The average molecular weight is 291 g/mol. The van der Waals surface area contributed by atoms with Gasteiger partial charge in [0, 0.05) is 5.88 Å². The molecule has 98 valence electrons. The lowest BCUT2D eigenvalue weighted by molar-refractivity contribution is 0.588. The molecule has 1 N–H and O–H groups in total. The van der Waals surface area contributed by atoms with E-state index < -0.39 is 15.8 Å². The Morgan fingerprint density at radius 3 is 2.78 bits per heavy atom. The molecule has 1 rings (SSSR count). The first kappa shape index (κ1) is 14.7. The van der Waals surface area contributed by atoms with Gasteiger partial charge in [-0.15, -0.1) is 11.6 Å². The third-order valence-corrected chi connectivity index (χ3v) is 4.20. The van der Waals surface area contributed by atoms with Gasteiger partial charge in [0.2, 0.25) is 10.0 Å². The number of hydrogen-bond acceptors (Lipinski definition) is 3. The zero-order valence-electron chi connectivity index (χ0n) is 9.65. The summed E-state index contributed by atoms with van der Waals surface area (Å²) in [4.78, 5) is 0. The highest BCUT2D eigenvalue weighted by atomic mass is 35.5. The molecule has 0 aromatic heterocycles. The Kier molecular flexibility index (Phi) is 4.93. The van der Waals surface area contributed by atoms with Crippen LogP contribution in [-0.2, 0) is 10.0 Å². The molecule has 0 saturated carbocycles. The van der Waals surface area contributed by atoms with Gasteiger partial charge in [0.25, 0.3) is 0 Å². The van der Waals surface area contributed by atoms with Crippen molar-refractivity contribution in [2.45, 2.75) is 6.92 Å². The van der Waals surface area contributed by atoms with Gasteiger partial charge < -0.3 is 0 Å². The van der Waals surface area contributed by atoms with E-state index in [1.807, 2.05) is 0 Å². The number of hydrogen-bond donors (Lipinski definition) is 1. The second-order valence-corrected chi connectivity index (χ2v) is 6.02. The summed E-state index contributed by atoms with van der Waals surface area (Å²) in [5.41, 5.74) is 0.0118. The predicted molar refractivity (Wildman–Crippen MR) is 68.4 cm³/mol. The van der Waals surface area contributed by atoms with Gasteiger partial charge in [-0.2, -0.15) is 5.26 Å². The third kappa shape index (κ3) is 4.17. The van der Waals surface area contributed by atoms with E-state index in [1.54, 1.807) is 13.0 Å². The number of nitrogens with zero attached hydrogens (tertiary/aromatic N) is 1. The first-order valence-electron chi connectivity index (χ1n) is 5.14. The van der Waals surface area contributed by atoms with Gasteiger partial charge in [0.1, 0.15) is 11.9 Å². The van der Waals surface area contributed by atoms with Gasteiger partial charge in [-0.05, 0) is 24.1 Å². The van der Waals surface area contributed by atoms with E-state index in [0.29, 0.717) is 0 Å². The van der Waals surface area contributed by atoms with Crippen LogP contribution in [0.25, 0.3) is 0 Å². The Morgan fingerprint density at radius 1 is 1.56 bits per heavy atom. The summed E-state index contributed by atoms with van der Waals surface area (Å²) in [7, 11) is -3.60.